The molecule has 0 saturated carbocycles. The van der Waals surface area contributed by atoms with Crippen LogP contribution in [-0.4, -0.2) is 9.97 Å². The van der Waals surface area contributed by atoms with E-state index >= 15 is 0 Å². The van der Waals surface area contributed by atoms with Gasteiger partial charge in [0.1, 0.15) is 0 Å². The van der Waals surface area contributed by atoms with Crippen LogP contribution in [0.3, 0.4) is 0 Å². The third-order valence-electron chi connectivity index (χ3n) is 11.4. The highest BCUT2D eigenvalue weighted by Crippen LogP contribution is 2.56. The molecule has 0 unspecified atom stereocenters. The number of hydrogen-bond acceptors (Lipinski definition) is 3. The fraction of sp³-hybridized carbons (Fsp3) is 0.0189. The van der Waals surface area contributed by atoms with Gasteiger partial charge in [-0.3, -0.25) is 0 Å². The lowest BCUT2D eigenvalue weighted by atomic mass is 9.67. The van der Waals surface area contributed by atoms with Gasteiger partial charge in [0.25, 0.3) is 0 Å². The number of nitrogens with zero attached hydrogens (tertiary/aromatic N) is 2. The molecule has 0 amide bonds. The lowest BCUT2D eigenvalue weighted by Gasteiger charge is -2.34. The molecule has 0 atom stereocenters. The Bertz CT molecular complexity index is 3010. The quantitative estimate of drug-likeness (QED) is 0.170. The van der Waals surface area contributed by atoms with Crippen LogP contribution in [0.4, 0.5) is 0 Å². The average Bonchev–Trinajstić information content (AvgIpc) is 3.81. The zero-order chi connectivity index (χ0) is 37.1. The molecule has 1 aliphatic rings. The highest BCUT2D eigenvalue weighted by molar-refractivity contribution is 7.25. The van der Waals surface area contributed by atoms with Crippen molar-refractivity contribution in [2.75, 3.05) is 0 Å². The molecule has 0 radical (unpaired) electrons. The maximum Gasteiger partial charge on any atom is 0.160 e. The summed E-state index contributed by atoms with van der Waals surface area (Å²) in [5.74, 6) is 0.709. The van der Waals surface area contributed by atoms with Crippen molar-refractivity contribution >= 4 is 31.5 Å². The van der Waals surface area contributed by atoms with Gasteiger partial charge in [0.15, 0.2) is 5.82 Å². The van der Waals surface area contributed by atoms with E-state index in [9.17, 15) is 0 Å². The van der Waals surface area contributed by atoms with E-state index in [4.69, 9.17) is 9.97 Å². The predicted molar refractivity (Wildman–Crippen MR) is 234 cm³/mol. The minimum atomic E-state index is -0.443. The molecule has 8 aromatic carbocycles. The number of fused-ring (bicyclic) bond motifs is 6. The molecule has 2 heterocycles. The van der Waals surface area contributed by atoms with E-state index in [0.717, 1.165) is 28.1 Å². The molecule has 2 aromatic heterocycles. The van der Waals surface area contributed by atoms with Crippen molar-refractivity contribution in [3.05, 3.63) is 229 Å². The van der Waals surface area contributed by atoms with Crippen LogP contribution in [0.2, 0.25) is 0 Å². The van der Waals surface area contributed by atoms with Crippen LogP contribution >= 0.6 is 11.3 Å². The Kier molecular flexibility index (Phi) is 7.61. The topological polar surface area (TPSA) is 25.8 Å². The standard InChI is InChI=1S/C53H34N2S/c1-3-13-38(14-4-1)52-54-48(36-25-23-35(24-26-36)39-29-32-51-45(33-39)44-19-9-12-22-50(44)56-51)34-49(55-52)37-27-30-41(31-28-37)53(40-15-5-2-6-16-40)46-20-10-7-17-42(46)43-18-8-11-21-47(43)53/h1-34H. The van der Waals surface area contributed by atoms with Gasteiger partial charge in [-0.05, 0) is 68.8 Å². The summed E-state index contributed by atoms with van der Waals surface area (Å²) in [6, 6.07) is 74.5. The van der Waals surface area contributed by atoms with E-state index in [1.54, 1.807) is 0 Å². The molecule has 56 heavy (non-hydrogen) atoms. The van der Waals surface area contributed by atoms with E-state index in [1.165, 1.54) is 64.7 Å². The Morgan fingerprint density at radius 3 is 1.52 bits per heavy atom. The van der Waals surface area contributed by atoms with Gasteiger partial charge < -0.3 is 0 Å². The maximum atomic E-state index is 5.18. The molecule has 10 aromatic rings. The van der Waals surface area contributed by atoms with Gasteiger partial charge in [-0.25, -0.2) is 9.97 Å². The summed E-state index contributed by atoms with van der Waals surface area (Å²) in [6.45, 7) is 0. The fourth-order valence-electron chi connectivity index (χ4n) is 8.80. The van der Waals surface area contributed by atoms with E-state index in [1.807, 2.05) is 29.5 Å². The number of thiophene rings is 1. The van der Waals surface area contributed by atoms with Crippen LogP contribution in [-0.2, 0) is 5.41 Å². The zero-order valence-electron chi connectivity index (χ0n) is 30.4. The van der Waals surface area contributed by atoms with Crippen molar-refractivity contribution in [2.24, 2.45) is 0 Å². The molecule has 1 aliphatic carbocycles. The zero-order valence-corrected chi connectivity index (χ0v) is 31.2. The van der Waals surface area contributed by atoms with E-state index in [0.29, 0.717) is 5.82 Å². The second-order valence-corrected chi connectivity index (χ2v) is 15.6. The van der Waals surface area contributed by atoms with E-state index in [-0.39, 0.29) is 0 Å². The van der Waals surface area contributed by atoms with Gasteiger partial charge in [-0.15, -0.1) is 11.3 Å². The fourth-order valence-corrected chi connectivity index (χ4v) is 9.89. The van der Waals surface area contributed by atoms with Crippen LogP contribution < -0.4 is 0 Å². The first-order valence-corrected chi connectivity index (χ1v) is 19.9. The highest BCUT2D eigenvalue weighted by Gasteiger charge is 2.45. The minimum absolute atomic E-state index is 0.443. The molecule has 3 heteroatoms. The van der Waals surface area contributed by atoms with Gasteiger partial charge in [-0.2, -0.15) is 0 Å². The van der Waals surface area contributed by atoms with Gasteiger partial charge in [0.2, 0.25) is 0 Å². The lowest BCUT2D eigenvalue weighted by molar-refractivity contribution is 0.768. The van der Waals surface area contributed by atoms with Crippen LogP contribution in [0.5, 0.6) is 0 Å². The summed E-state index contributed by atoms with van der Waals surface area (Å²) < 4.78 is 2.64. The van der Waals surface area contributed by atoms with Crippen molar-refractivity contribution in [3.63, 3.8) is 0 Å². The summed E-state index contributed by atoms with van der Waals surface area (Å²) in [7, 11) is 0. The summed E-state index contributed by atoms with van der Waals surface area (Å²) >= 11 is 1.85. The average molecular weight is 731 g/mol. The first kappa shape index (κ1) is 32.5. The van der Waals surface area contributed by atoms with Crippen LogP contribution in [0.1, 0.15) is 22.3 Å². The third-order valence-corrected chi connectivity index (χ3v) is 12.6. The molecule has 0 fully saturated rings. The molecule has 0 spiro atoms. The first-order valence-electron chi connectivity index (χ1n) is 19.1. The van der Waals surface area contributed by atoms with Crippen molar-refractivity contribution < 1.29 is 0 Å². The van der Waals surface area contributed by atoms with Gasteiger partial charge in [0, 0.05) is 36.9 Å². The molecular formula is C53H34N2S. The minimum Gasteiger partial charge on any atom is -0.228 e. The third kappa shape index (κ3) is 5.16. The Morgan fingerprint density at radius 2 is 0.839 bits per heavy atom. The summed E-state index contributed by atoms with van der Waals surface area (Å²) in [5, 5.41) is 2.62. The molecule has 0 aliphatic heterocycles. The normalized spacial score (nSPS) is 12.8. The number of hydrogen-bond donors (Lipinski definition) is 0. The lowest BCUT2D eigenvalue weighted by Crippen LogP contribution is -2.28. The maximum absolute atomic E-state index is 5.18. The monoisotopic (exact) mass is 730 g/mol. The van der Waals surface area contributed by atoms with Gasteiger partial charge >= 0.3 is 0 Å². The smallest absolute Gasteiger partial charge is 0.160 e. The molecule has 2 nitrogen and oxygen atoms in total. The number of benzene rings is 8. The summed E-state index contributed by atoms with van der Waals surface area (Å²) in [4.78, 5) is 10.3. The Labute approximate surface area is 330 Å². The molecule has 0 N–H and O–H groups in total. The second-order valence-electron chi connectivity index (χ2n) is 14.5. The van der Waals surface area contributed by atoms with Crippen LogP contribution in [0.15, 0.2) is 206 Å². The molecule has 262 valence electrons. The highest BCUT2D eigenvalue weighted by atomic mass is 32.1. The first-order chi connectivity index (χ1) is 27.7. The predicted octanol–water partition coefficient (Wildman–Crippen LogP) is 13.9. The number of rotatable bonds is 6. The largest absolute Gasteiger partial charge is 0.228 e. The molecular weight excluding hydrogens is 697 g/mol. The Hall–Kier alpha value is -6.94. The van der Waals surface area contributed by atoms with Crippen molar-refractivity contribution in [3.8, 4) is 56.2 Å². The second kappa shape index (κ2) is 13.1. The SMILES string of the molecule is c1ccc(-c2nc(-c3ccc(-c4ccc5sc6ccccc6c5c4)cc3)cc(-c3ccc(C4(c5ccccc5)c5ccccc5-c5ccccc54)cc3)n2)cc1. The molecule has 0 bridgehead atoms. The molecule has 0 saturated heterocycles. The Morgan fingerprint density at radius 1 is 0.339 bits per heavy atom. The number of aromatic nitrogens is 2. The van der Waals surface area contributed by atoms with E-state index < -0.39 is 5.41 Å². The van der Waals surface area contributed by atoms with Crippen LogP contribution in [0, 0.1) is 0 Å². The van der Waals surface area contributed by atoms with Crippen LogP contribution in [0.25, 0.3) is 76.3 Å². The van der Waals surface area contributed by atoms with Crippen molar-refractivity contribution in [2.45, 2.75) is 5.41 Å². The van der Waals surface area contributed by atoms with Crippen molar-refractivity contribution in [1.29, 1.82) is 0 Å². The van der Waals surface area contributed by atoms with E-state index in [2.05, 4.69) is 188 Å². The van der Waals surface area contributed by atoms with Gasteiger partial charge in [-0.1, -0.05) is 182 Å². The Balaban J connectivity index is 1.01. The molecule has 11 rings (SSSR count). The van der Waals surface area contributed by atoms with Crippen molar-refractivity contribution in [1.82, 2.24) is 9.97 Å². The van der Waals surface area contributed by atoms with Gasteiger partial charge in [0.05, 0.1) is 16.8 Å². The summed E-state index contributed by atoms with van der Waals surface area (Å²) in [5.41, 5.74) is 14.5. The summed E-state index contributed by atoms with van der Waals surface area (Å²) in [6.07, 6.45) is 0.